The van der Waals surface area contributed by atoms with E-state index in [4.69, 9.17) is 5.26 Å². The molecule has 0 saturated carbocycles. The van der Waals surface area contributed by atoms with Crippen molar-refractivity contribution in [1.82, 2.24) is 0 Å². The molecule has 0 spiro atoms. The van der Waals surface area contributed by atoms with Crippen molar-refractivity contribution in [1.29, 1.82) is 5.26 Å². The highest BCUT2D eigenvalue weighted by Gasteiger charge is 2.31. The van der Waals surface area contributed by atoms with Crippen LogP contribution in [0.3, 0.4) is 0 Å². The van der Waals surface area contributed by atoms with Crippen LogP contribution in [0, 0.1) is 11.3 Å². The standard InChI is InChI=1S/C12H11N3O2/c1-7(16)14-10-4-2-3-8-9(5-6-13)12(17)15-11(8)10/h2-4,9H,5H2,1H3,(H,14,16)(H,15,17). The van der Waals surface area contributed by atoms with Gasteiger partial charge in [0.25, 0.3) is 0 Å². The molecule has 2 rings (SSSR count). The van der Waals surface area contributed by atoms with E-state index in [1.807, 2.05) is 6.07 Å². The lowest BCUT2D eigenvalue weighted by molar-refractivity contribution is -0.117. The van der Waals surface area contributed by atoms with Crippen molar-refractivity contribution in [2.45, 2.75) is 19.3 Å². The molecule has 0 fully saturated rings. The van der Waals surface area contributed by atoms with E-state index < -0.39 is 5.92 Å². The van der Waals surface area contributed by atoms with Gasteiger partial charge in [0.05, 0.1) is 29.8 Å². The van der Waals surface area contributed by atoms with Gasteiger partial charge in [0, 0.05) is 6.92 Å². The number of fused-ring (bicyclic) bond motifs is 1. The van der Waals surface area contributed by atoms with Gasteiger partial charge in [-0.3, -0.25) is 9.59 Å². The normalized spacial score (nSPS) is 16.9. The summed E-state index contributed by atoms with van der Waals surface area (Å²) in [6.45, 7) is 1.41. The smallest absolute Gasteiger partial charge is 0.233 e. The van der Waals surface area contributed by atoms with Crippen LogP contribution in [0.4, 0.5) is 11.4 Å². The summed E-state index contributed by atoms with van der Waals surface area (Å²) in [5.74, 6) is -0.834. The second-order valence-corrected chi connectivity index (χ2v) is 3.86. The lowest BCUT2D eigenvalue weighted by Crippen LogP contribution is -2.12. The first-order valence-electron chi connectivity index (χ1n) is 5.22. The fourth-order valence-corrected chi connectivity index (χ4v) is 1.94. The molecule has 17 heavy (non-hydrogen) atoms. The van der Waals surface area contributed by atoms with Crippen LogP contribution in [0.5, 0.6) is 0 Å². The number of nitriles is 1. The number of benzene rings is 1. The Morgan fingerprint density at radius 3 is 3.00 bits per heavy atom. The van der Waals surface area contributed by atoms with Crippen LogP contribution >= 0.6 is 0 Å². The highest BCUT2D eigenvalue weighted by Crippen LogP contribution is 2.39. The lowest BCUT2D eigenvalue weighted by atomic mass is 9.97. The Morgan fingerprint density at radius 1 is 1.59 bits per heavy atom. The molecule has 1 aromatic rings. The van der Waals surface area contributed by atoms with Gasteiger partial charge in [-0.25, -0.2) is 0 Å². The number of nitrogens with one attached hydrogen (secondary N) is 2. The monoisotopic (exact) mass is 229 g/mol. The molecule has 1 atom stereocenters. The summed E-state index contributed by atoms with van der Waals surface area (Å²) in [5, 5.41) is 14.0. The van der Waals surface area contributed by atoms with Gasteiger partial charge < -0.3 is 10.6 Å². The van der Waals surface area contributed by atoms with Gasteiger partial charge in [0.1, 0.15) is 0 Å². The van der Waals surface area contributed by atoms with Crippen molar-refractivity contribution in [2.75, 3.05) is 10.6 Å². The summed E-state index contributed by atoms with van der Waals surface area (Å²) < 4.78 is 0. The molecule has 1 heterocycles. The zero-order valence-corrected chi connectivity index (χ0v) is 9.28. The van der Waals surface area contributed by atoms with Gasteiger partial charge in [-0.05, 0) is 11.6 Å². The predicted octanol–water partition coefficient (Wildman–Crippen LogP) is 1.59. The molecule has 0 radical (unpaired) electrons. The summed E-state index contributed by atoms with van der Waals surface area (Å²) >= 11 is 0. The highest BCUT2D eigenvalue weighted by atomic mass is 16.2. The summed E-state index contributed by atoms with van der Waals surface area (Å²) in [7, 11) is 0. The Hall–Kier alpha value is -2.35. The van der Waals surface area contributed by atoms with Crippen molar-refractivity contribution >= 4 is 23.2 Å². The van der Waals surface area contributed by atoms with Gasteiger partial charge in [-0.1, -0.05) is 12.1 Å². The molecular weight excluding hydrogens is 218 g/mol. The van der Waals surface area contributed by atoms with E-state index in [1.165, 1.54) is 6.92 Å². The second kappa shape index (κ2) is 4.26. The minimum Gasteiger partial charge on any atom is -0.325 e. The van der Waals surface area contributed by atoms with E-state index in [0.717, 1.165) is 5.56 Å². The van der Waals surface area contributed by atoms with Gasteiger partial charge in [0.15, 0.2) is 0 Å². The number of carbonyl (C=O) groups is 2. The summed E-state index contributed by atoms with van der Waals surface area (Å²) in [6, 6.07) is 7.26. The highest BCUT2D eigenvalue weighted by molar-refractivity contribution is 6.08. The van der Waals surface area contributed by atoms with Crippen LogP contribution in [0.1, 0.15) is 24.8 Å². The minimum atomic E-state index is -0.441. The van der Waals surface area contributed by atoms with Crippen LogP contribution in [-0.4, -0.2) is 11.8 Å². The number of amides is 2. The Labute approximate surface area is 98.4 Å². The quantitative estimate of drug-likeness (QED) is 0.807. The molecular formula is C12H11N3O2. The third-order valence-electron chi connectivity index (χ3n) is 2.64. The van der Waals surface area contributed by atoms with Gasteiger partial charge in [-0.2, -0.15) is 5.26 Å². The molecule has 0 bridgehead atoms. The average Bonchev–Trinajstić information content (AvgIpc) is 2.57. The van der Waals surface area contributed by atoms with Crippen LogP contribution in [0.2, 0.25) is 0 Å². The van der Waals surface area contributed by atoms with Crippen LogP contribution in [0.15, 0.2) is 18.2 Å². The first-order chi connectivity index (χ1) is 8.13. The molecule has 1 aliphatic heterocycles. The minimum absolute atomic E-state index is 0.141. The largest absolute Gasteiger partial charge is 0.325 e. The Bertz CT molecular complexity index is 531. The molecule has 1 aliphatic rings. The molecule has 0 aromatic heterocycles. The summed E-state index contributed by atoms with van der Waals surface area (Å²) in [5.41, 5.74) is 1.94. The fourth-order valence-electron chi connectivity index (χ4n) is 1.94. The maximum absolute atomic E-state index is 11.7. The molecule has 1 unspecified atom stereocenters. The van der Waals surface area contributed by atoms with E-state index in [2.05, 4.69) is 10.6 Å². The molecule has 5 nitrogen and oxygen atoms in total. The molecule has 86 valence electrons. The van der Waals surface area contributed by atoms with Crippen molar-refractivity contribution in [3.8, 4) is 6.07 Å². The van der Waals surface area contributed by atoms with Crippen LogP contribution in [0.25, 0.3) is 0 Å². The Morgan fingerprint density at radius 2 is 2.35 bits per heavy atom. The van der Waals surface area contributed by atoms with Crippen molar-refractivity contribution in [2.24, 2.45) is 0 Å². The van der Waals surface area contributed by atoms with E-state index in [9.17, 15) is 9.59 Å². The Balaban J connectivity index is 2.42. The zero-order chi connectivity index (χ0) is 12.4. The zero-order valence-electron chi connectivity index (χ0n) is 9.28. The van der Waals surface area contributed by atoms with Crippen molar-refractivity contribution < 1.29 is 9.59 Å². The number of anilines is 2. The fraction of sp³-hybridized carbons (Fsp3) is 0.250. The van der Waals surface area contributed by atoms with Gasteiger partial charge in [0.2, 0.25) is 11.8 Å². The maximum Gasteiger partial charge on any atom is 0.233 e. The molecule has 5 heteroatoms. The molecule has 2 N–H and O–H groups in total. The molecule has 2 amide bonds. The molecule has 1 aromatic carbocycles. The summed E-state index contributed by atoms with van der Waals surface area (Å²) in [6.07, 6.45) is 0.141. The van der Waals surface area contributed by atoms with Crippen LogP contribution < -0.4 is 10.6 Å². The van der Waals surface area contributed by atoms with Gasteiger partial charge in [-0.15, -0.1) is 0 Å². The first kappa shape index (κ1) is 11.1. The lowest BCUT2D eigenvalue weighted by Gasteiger charge is -2.08. The number of hydrogen-bond acceptors (Lipinski definition) is 3. The average molecular weight is 229 g/mol. The van der Waals surface area contributed by atoms with Crippen LogP contribution in [-0.2, 0) is 9.59 Å². The van der Waals surface area contributed by atoms with Gasteiger partial charge >= 0.3 is 0 Å². The third-order valence-corrected chi connectivity index (χ3v) is 2.64. The Kier molecular flexibility index (Phi) is 2.79. The number of hydrogen-bond donors (Lipinski definition) is 2. The maximum atomic E-state index is 11.7. The third kappa shape index (κ3) is 1.97. The van der Waals surface area contributed by atoms with E-state index in [0.29, 0.717) is 11.4 Å². The van der Waals surface area contributed by atoms with Crippen molar-refractivity contribution in [3.63, 3.8) is 0 Å². The predicted molar refractivity (Wildman–Crippen MR) is 62.3 cm³/mol. The number of carbonyl (C=O) groups excluding carboxylic acids is 2. The topological polar surface area (TPSA) is 82.0 Å². The second-order valence-electron chi connectivity index (χ2n) is 3.86. The molecule has 0 aliphatic carbocycles. The SMILES string of the molecule is CC(=O)Nc1cccc2c1NC(=O)C2CC#N. The molecule has 0 saturated heterocycles. The number of nitrogens with zero attached hydrogens (tertiary/aromatic N) is 1. The number of rotatable bonds is 2. The summed E-state index contributed by atoms with van der Waals surface area (Å²) in [4.78, 5) is 22.7. The first-order valence-corrected chi connectivity index (χ1v) is 5.22. The number of para-hydroxylation sites is 1. The van der Waals surface area contributed by atoms with E-state index >= 15 is 0 Å². The van der Waals surface area contributed by atoms with E-state index in [-0.39, 0.29) is 18.2 Å². The van der Waals surface area contributed by atoms with Crippen molar-refractivity contribution in [3.05, 3.63) is 23.8 Å². The van der Waals surface area contributed by atoms with E-state index in [1.54, 1.807) is 18.2 Å².